The van der Waals surface area contributed by atoms with Crippen LogP contribution < -0.4 is 9.80 Å². The minimum absolute atomic E-state index is 0.0746. The third kappa shape index (κ3) is 4.15. The number of amides is 2. The minimum Gasteiger partial charge on any atom is -0.465 e. The highest BCUT2D eigenvalue weighted by molar-refractivity contribution is 6.10. The Labute approximate surface area is 222 Å². The Hall–Kier alpha value is -4.02. The van der Waals surface area contributed by atoms with Gasteiger partial charge in [-0.2, -0.15) is 0 Å². The van der Waals surface area contributed by atoms with E-state index in [1.165, 1.54) is 11.9 Å². The maximum atomic E-state index is 13.7. The van der Waals surface area contributed by atoms with Crippen LogP contribution in [0.3, 0.4) is 0 Å². The highest BCUT2D eigenvalue weighted by Gasteiger charge is 2.39. The highest BCUT2D eigenvalue weighted by Crippen LogP contribution is 2.42. The molecule has 0 spiro atoms. The number of hydrogen-bond donors (Lipinski definition) is 1. The summed E-state index contributed by atoms with van der Waals surface area (Å²) in [6, 6.07) is 7.50. The zero-order valence-electron chi connectivity index (χ0n) is 22.9. The van der Waals surface area contributed by atoms with E-state index in [1.807, 2.05) is 37.9 Å². The van der Waals surface area contributed by atoms with E-state index in [2.05, 4.69) is 35.5 Å². The molecule has 0 saturated carbocycles. The number of carbonyl (C=O) groups is 2. The van der Waals surface area contributed by atoms with E-state index in [-0.39, 0.29) is 30.6 Å². The van der Waals surface area contributed by atoms with Crippen LogP contribution >= 0.6 is 0 Å². The molecular weight excluding hydrogens is 484 g/mol. The van der Waals surface area contributed by atoms with Crippen LogP contribution in [-0.2, 0) is 18.6 Å². The van der Waals surface area contributed by atoms with Crippen LogP contribution in [0.4, 0.5) is 16.4 Å². The first-order chi connectivity index (χ1) is 17.9. The molecule has 3 aromatic rings. The van der Waals surface area contributed by atoms with E-state index in [1.54, 1.807) is 17.0 Å². The van der Waals surface area contributed by atoms with E-state index in [0.29, 0.717) is 40.3 Å². The monoisotopic (exact) mass is 518 g/mol. The Morgan fingerprint density at radius 2 is 1.95 bits per heavy atom. The van der Waals surface area contributed by atoms with Gasteiger partial charge in [0.15, 0.2) is 5.82 Å². The van der Waals surface area contributed by atoms with Crippen molar-refractivity contribution in [1.82, 2.24) is 29.6 Å². The number of fused-ring (bicyclic) bond motifs is 2. The SMILES string of the molecule is CC1CC(C)(C)n2c(-c3cccc(N4Cc5c(cc(N(C)C(C)C)nc5CN(C)C(=O)O)C4=O)n3)nnc21. The summed E-state index contributed by atoms with van der Waals surface area (Å²) >= 11 is 0. The van der Waals surface area contributed by atoms with Crippen molar-refractivity contribution in [3.63, 3.8) is 0 Å². The van der Waals surface area contributed by atoms with Crippen molar-refractivity contribution in [3.8, 4) is 11.5 Å². The van der Waals surface area contributed by atoms with Crippen LogP contribution in [0.15, 0.2) is 24.3 Å². The first-order valence-electron chi connectivity index (χ1n) is 12.8. The Balaban J connectivity index is 1.54. The zero-order chi connectivity index (χ0) is 27.5. The lowest BCUT2D eigenvalue weighted by atomic mass is 9.97. The standard InChI is InChI=1S/C27H34N8O3/c1-15(2)33(7)22-11-17-18(20(29-22)14-32(6)26(37)38)13-34(25(17)36)21-10-8-9-19(28-21)24-31-30-23-16(3)12-27(4,5)35(23)24/h8-11,15-16H,12-14H2,1-7H3,(H,37,38). The highest BCUT2D eigenvalue weighted by atomic mass is 16.4. The molecule has 11 nitrogen and oxygen atoms in total. The maximum absolute atomic E-state index is 13.7. The quantitative estimate of drug-likeness (QED) is 0.518. The second kappa shape index (κ2) is 9.07. The van der Waals surface area contributed by atoms with E-state index >= 15 is 0 Å². The van der Waals surface area contributed by atoms with Gasteiger partial charge in [0.25, 0.3) is 5.91 Å². The van der Waals surface area contributed by atoms with Crippen LogP contribution in [0.25, 0.3) is 11.5 Å². The fraction of sp³-hybridized carbons (Fsp3) is 0.481. The second-order valence-corrected chi connectivity index (χ2v) is 11.2. The Morgan fingerprint density at radius 3 is 2.63 bits per heavy atom. The third-order valence-corrected chi connectivity index (χ3v) is 7.62. The van der Waals surface area contributed by atoms with Crippen molar-refractivity contribution in [2.75, 3.05) is 23.9 Å². The molecule has 2 aliphatic heterocycles. The fourth-order valence-corrected chi connectivity index (χ4v) is 5.41. The normalized spacial score (nSPS) is 17.6. The number of nitrogens with zero attached hydrogens (tertiary/aromatic N) is 8. The van der Waals surface area contributed by atoms with Crippen molar-refractivity contribution in [1.29, 1.82) is 0 Å². The smallest absolute Gasteiger partial charge is 0.407 e. The molecular formula is C27H34N8O3. The molecule has 2 aliphatic rings. The topological polar surface area (TPSA) is 121 Å². The van der Waals surface area contributed by atoms with Gasteiger partial charge in [-0.1, -0.05) is 13.0 Å². The van der Waals surface area contributed by atoms with Crippen LogP contribution in [-0.4, -0.2) is 66.9 Å². The molecule has 1 N–H and O–H groups in total. The largest absolute Gasteiger partial charge is 0.465 e. The molecule has 0 fully saturated rings. The number of hydrogen-bond acceptors (Lipinski definition) is 7. The number of carboxylic acid groups (broad SMARTS) is 1. The lowest BCUT2D eigenvalue weighted by Crippen LogP contribution is -2.29. The number of carbonyl (C=O) groups excluding carboxylic acids is 1. The summed E-state index contributed by atoms with van der Waals surface area (Å²) in [7, 11) is 3.40. The summed E-state index contributed by atoms with van der Waals surface area (Å²) in [4.78, 5) is 39.7. The van der Waals surface area contributed by atoms with Crippen molar-refractivity contribution < 1.29 is 14.7 Å². The molecule has 11 heteroatoms. The second-order valence-electron chi connectivity index (χ2n) is 11.2. The first kappa shape index (κ1) is 25.6. The Kier molecular flexibility index (Phi) is 6.12. The molecule has 1 unspecified atom stereocenters. The van der Waals surface area contributed by atoms with E-state index in [4.69, 9.17) is 9.97 Å². The molecule has 0 aromatic carbocycles. The molecule has 0 bridgehead atoms. The molecule has 200 valence electrons. The van der Waals surface area contributed by atoms with Gasteiger partial charge in [0, 0.05) is 37.2 Å². The number of anilines is 2. The van der Waals surface area contributed by atoms with Crippen molar-refractivity contribution >= 4 is 23.6 Å². The summed E-state index contributed by atoms with van der Waals surface area (Å²) in [5.74, 6) is 2.87. The summed E-state index contributed by atoms with van der Waals surface area (Å²) in [6.07, 6.45) is -0.0881. The number of pyridine rings is 2. The number of aromatic nitrogens is 5. The van der Waals surface area contributed by atoms with E-state index < -0.39 is 6.09 Å². The van der Waals surface area contributed by atoms with Gasteiger partial charge in [0.1, 0.15) is 23.2 Å². The summed E-state index contributed by atoms with van der Waals surface area (Å²) in [5.41, 5.74) is 2.31. The van der Waals surface area contributed by atoms with Crippen LogP contribution in [0.1, 0.15) is 74.4 Å². The van der Waals surface area contributed by atoms with Crippen molar-refractivity contribution in [3.05, 3.63) is 46.9 Å². The van der Waals surface area contributed by atoms with E-state index in [9.17, 15) is 14.7 Å². The summed E-state index contributed by atoms with van der Waals surface area (Å²) in [5, 5.41) is 18.4. The first-order valence-corrected chi connectivity index (χ1v) is 12.8. The van der Waals surface area contributed by atoms with Gasteiger partial charge >= 0.3 is 6.09 Å². The van der Waals surface area contributed by atoms with Gasteiger partial charge in [-0.3, -0.25) is 9.69 Å². The van der Waals surface area contributed by atoms with Crippen LogP contribution in [0.5, 0.6) is 0 Å². The van der Waals surface area contributed by atoms with E-state index in [0.717, 1.165) is 17.8 Å². The fourth-order valence-electron chi connectivity index (χ4n) is 5.41. The van der Waals surface area contributed by atoms with Crippen LogP contribution in [0, 0.1) is 0 Å². The van der Waals surface area contributed by atoms with Crippen molar-refractivity contribution in [2.24, 2.45) is 0 Å². The predicted molar refractivity (Wildman–Crippen MR) is 143 cm³/mol. The average molecular weight is 519 g/mol. The maximum Gasteiger partial charge on any atom is 0.407 e. The average Bonchev–Trinajstić information content (AvgIpc) is 3.52. The van der Waals surface area contributed by atoms with Crippen molar-refractivity contribution in [2.45, 2.75) is 71.6 Å². The molecule has 0 radical (unpaired) electrons. The molecule has 3 aromatic heterocycles. The van der Waals surface area contributed by atoms with Crippen LogP contribution in [0.2, 0.25) is 0 Å². The zero-order valence-corrected chi connectivity index (χ0v) is 22.9. The van der Waals surface area contributed by atoms with Gasteiger partial charge in [-0.15, -0.1) is 10.2 Å². The lowest BCUT2D eigenvalue weighted by molar-refractivity contribution is 0.0995. The molecule has 5 heterocycles. The molecule has 38 heavy (non-hydrogen) atoms. The van der Waals surface area contributed by atoms with Gasteiger partial charge in [0.2, 0.25) is 0 Å². The van der Waals surface area contributed by atoms with Gasteiger partial charge in [-0.25, -0.2) is 14.8 Å². The lowest BCUT2D eigenvalue weighted by Gasteiger charge is -2.24. The molecule has 2 amide bonds. The third-order valence-electron chi connectivity index (χ3n) is 7.62. The van der Waals surface area contributed by atoms with Gasteiger partial charge in [-0.05, 0) is 52.3 Å². The Morgan fingerprint density at radius 1 is 1.21 bits per heavy atom. The molecule has 1 atom stereocenters. The van der Waals surface area contributed by atoms with Gasteiger partial charge < -0.3 is 19.5 Å². The molecule has 0 saturated heterocycles. The molecule has 5 rings (SSSR count). The van der Waals surface area contributed by atoms with Gasteiger partial charge in [0.05, 0.1) is 24.3 Å². The Bertz CT molecular complexity index is 1430. The number of rotatable bonds is 6. The summed E-state index contributed by atoms with van der Waals surface area (Å²) in [6.45, 7) is 10.9. The summed E-state index contributed by atoms with van der Waals surface area (Å²) < 4.78 is 2.15. The predicted octanol–water partition coefficient (Wildman–Crippen LogP) is 4.09. The minimum atomic E-state index is -1.06. The molecule has 0 aliphatic carbocycles.